The van der Waals surface area contributed by atoms with Crippen LogP contribution in [0.5, 0.6) is 0 Å². The molecule has 1 atom stereocenters. The van der Waals surface area contributed by atoms with Gasteiger partial charge in [-0.3, -0.25) is 0 Å². The van der Waals surface area contributed by atoms with Crippen molar-refractivity contribution in [3.05, 3.63) is 16.1 Å². The molecule has 114 valence electrons. The number of sulfone groups is 1. The van der Waals surface area contributed by atoms with E-state index in [-0.39, 0.29) is 11.8 Å². The van der Waals surface area contributed by atoms with Crippen LogP contribution >= 0.6 is 11.3 Å². The fourth-order valence-corrected chi connectivity index (χ4v) is 5.89. The second-order valence-corrected chi connectivity index (χ2v) is 9.35. The maximum Gasteiger partial charge on any atom is 0.152 e. The Hall–Kier alpha value is -0.460. The Morgan fingerprint density at radius 1 is 1.35 bits per heavy atom. The highest BCUT2D eigenvalue weighted by Crippen LogP contribution is 2.36. The lowest BCUT2D eigenvalue weighted by Gasteiger charge is -2.37. The monoisotopic (exact) mass is 316 g/mol. The highest BCUT2D eigenvalue weighted by Gasteiger charge is 2.43. The van der Waals surface area contributed by atoms with Crippen LogP contribution < -0.4 is 5.32 Å². The van der Waals surface area contributed by atoms with Crippen molar-refractivity contribution in [2.75, 3.05) is 11.5 Å². The molecule has 0 radical (unpaired) electrons. The minimum Gasteiger partial charge on any atom is -0.302 e. The van der Waals surface area contributed by atoms with Gasteiger partial charge in [0.1, 0.15) is 5.01 Å². The first-order valence-electron chi connectivity index (χ1n) is 7.18. The number of rotatable bonds is 4. The first-order valence-corrected chi connectivity index (χ1v) is 9.88. The Balaban J connectivity index is 2.40. The summed E-state index contributed by atoms with van der Waals surface area (Å²) in [5, 5.41) is 6.48. The molecule has 2 heterocycles. The number of aromatic nitrogens is 1. The normalized spacial score (nSPS) is 26.3. The molecule has 1 saturated heterocycles. The van der Waals surface area contributed by atoms with Gasteiger partial charge in [-0.1, -0.05) is 13.8 Å². The molecular formula is C14H24N2O2S2. The van der Waals surface area contributed by atoms with Crippen LogP contribution in [0.3, 0.4) is 0 Å². The molecule has 1 unspecified atom stereocenters. The van der Waals surface area contributed by atoms with Gasteiger partial charge in [-0.05, 0) is 32.6 Å². The zero-order valence-electron chi connectivity index (χ0n) is 12.6. The van der Waals surface area contributed by atoms with Crippen LogP contribution in [0.2, 0.25) is 0 Å². The lowest BCUT2D eigenvalue weighted by molar-refractivity contribution is 0.300. The van der Waals surface area contributed by atoms with Crippen LogP contribution in [-0.2, 0) is 15.4 Å². The van der Waals surface area contributed by atoms with Crippen LogP contribution in [0.1, 0.15) is 57.2 Å². The average Bonchev–Trinajstić information content (AvgIpc) is 2.75. The van der Waals surface area contributed by atoms with Gasteiger partial charge in [0.25, 0.3) is 0 Å². The van der Waals surface area contributed by atoms with Crippen LogP contribution in [0.25, 0.3) is 0 Å². The Bertz CT molecular complexity index is 563. The highest BCUT2D eigenvalue weighted by molar-refractivity contribution is 7.91. The molecule has 1 aromatic rings. The van der Waals surface area contributed by atoms with Crippen LogP contribution in [0, 0.1) is 0 Å². The van der Waals surface area contributed by atoms with Crippen molar-refractivity contribution in [1.82, 2.24) is 10.3 Å². The second kappa shape index (κ2) is 5.73. The van der Waals surface area contributed by atoms with E-state index in [1.165, 1.54) is 0 Å². The summed E-state index contributed by atoms with van der Waals surface area (Å²) in [6.45, 7) is 8.33. The van der Waals surface area contributed by atoms with E-state index in [2.05, 4.69) is 38.4 Å². The molecule has 6 heteroatoms. The third-order valence-corrected chi connectivity index (χ3v) is 6.52. The smallest absolute Gasteiger partial charge is 0.152 e. The molecule has 1 aliphatic heterocycles. The molecular weight excluding hydrogens is 292 g/mol. The van der Waals surface area contributed by atoms with Gasteiger partial charge in [0.2, 0.25) is 0 Å². The summed E-state index contributed by atoms with van der Waals surface area (Å²) >= 11 is 1.59. The molecule has 1 N–H and O–H groups in total. The molecule has 2 rings (SSSR count). The van der Waals surface area contributed by atoms with Gasteiger partial charge in [0.05, 0.1) is 22.7 Å². The maximum absolute atomic E-state index is 12.1. The van der Waals surface area contributed by atoms with E-state index in [0.717, 1.165) is 17.1 Å². The Morgan fingerprint density at radius 2 is 2.05 bits per heavy atom. The van der Waals surface area contributed by atoms with Gasteiger partial charge < -0.3 is 5.32 Å². The molecule has 0 amide bonds. The molecule has 1 fully saturated rings. The lowest BCUT2D eigenvalue weighted by Crippen LogP contribution is -2.53. The van der Waals surface area contributed by atoms with E-state index in [0.29, 0.717) is 18.1 Å². The topological polar surface area (TPSA) is 59.1 Å². The Kier molecular flexibility index (Phi) is 4.56. The first kappa shape index (κ1) is 15.9. The quantitative estimate of drug-likeness (QED) is 0.928. The van der Waals surface area contributed by atoms with Crippen LogP contribution in [0.4, 0.5) is 0 Å². The van der Waals surface area contributed by atoms with Gasteiger partial charge >= 0.3 is 0 Å². The molecule has 1 aromatic heterocycles. The fraction of sp³-hybridized carbons (Fsp3) is 0.786. The number of thiazole rings is 1. The molecule has 0 aliphatic carbocycles. The number of hydrogen-bond donors (Lipinski definition) is 1. The third-order valence-electron chi connectivity index (χ3n) is 3.61. The molecule has 0 spiro atoms. The predicted molar refractivity (Wildman–Crippen MR) is 84.0 cm³/mol. The molecule has 1 aliphatic rings. The predicted octanol–water partition coefficient (Wildman–Crippen LogP) is 2.67. The van der Waals surface area contributed by atoms with Crippen LogP contribution in [-0.4, -0.2) is 30.9 Å². The van der Waals surface area contributed by atoms with Gasteiger partial charge in [-0.15, -0.1) is 11.3 Å². The Labute approximate surface area is 125 Å². The fourth-order valence-electron chi connectivity index (χ4n) is 2.78. The zero-order chi connectivity index (χ0) is 15.0. The average molecular weight is 316 g/mol. The van der Waals surface area contributed by atoms with E-state index in [1.54, 1.807) is 11.3 Å². The third kappa shape index (κ3) is 3.40. The standard InChI is InChI=1S/C14H24N2O2S2/c1-10(2)12-8-19-13(15-12)14(16-11(3)4)6-5-7-20(17,18)9-14/h8,10-11,16H,5-7,9H2,1-4H3. The van der Waals surface area contributed by atoms with E-state index >= 15 is 0 Å². The summed E-state index contributed by atoms with van der Waals surface area (Å²) in [4.78, 5) is 4.72. The number of hydrogen-bond acceptors (Lipinski definition) is 5. The SMILES string of the molecule is CC(C)NC1(c2nc(C(C)C)cs2)CCCS(=O)(=O)C1. The van der Waals surface area contributed by atoms with Crippen molar-refractivity contribution >= 4 is 21.2 Å². The summed E-state index contributed by atoms with van der Waals surface area (Å²) in [5.74, 6) is 0.844. The lowest BCUT2D eigenvalue weighted by atomic mass is 9.95. The zero-order valence-corrected chi connectivity index (χ0v) is 14.3. The minimum atomic E-state index is -2.99. The van der Waals surface area contributed by atoms with Gasteiger partial charge in [0, 0.05) is 11.4 Å². The van der Waals surface area contributed by atoms with E-state index < -0.39 is 15.4 Å². The molecule has 0 saturated carbocycles. The summed E-state index contributed by atoms with van der Waals surface area (Å²) < 4.78 is 24.2. The second-order valence-electron chi connectivity index (χ2n) is 6.31. The van der Waals surface area contributed by atoms with Crippen molar-refractivity contribution in [2.45, 2.75) is 58.0 Å². The molecule has 0 aromatic carbocycles. The molecule has 4 nitrogen and oxygen atoms in total. The van der Waals surface area contributed by atoms with Crippen molar-refractivity contribution in [1.29, 1.82) is 0 Å². The summed E-state index contributed by atoms with van der Waals surface area (Å²) in [6, 6.07) is 0.231. The Morgan fingerprint density at radius 3 is 2.55 bits per heavy atom. The summed E-state index contributed by atoms with van der Waals surface area (Å²) in [7, 11) is -2.99. The van der Waals surface area contributed by atoms with Gasteiger partial charge in [-0.25, -0.2) is 13.4 Å². The minimum absolute atomic E-state index is 0.170. The van der Waals surface area contributed by atoms with Crippen molar-refractivity contribution in [2.24, 2.45) is 0 Å². The van der Waals surface area contributed by atoms with E-state index in [1.807, 2.05) is 0 Å². The highest BCUT2D eigenvalue weighted by atomic mass is 32.2. The van der Waals surface area contributed by atoms with Gasteiger partial charge in [-0.2, -0.15) is 0 Å². The summed E-state index contributed by atoms with van der Waals surface area (Å²) in [6.07, 6.45) is 1.55. The molecule has 0 bridgehead atoms. The van der Waals surface area contributed by atoms with E-state index in [4.69, 9.17) is 4.98 Å². The van der Waals surface area contributed by atoms with Crippen molar-refractivity contribution in [3.8, 4) is 0 Å². The van der Waals surface area contributed by atoms with Crippen LogP contribution in [0.15, 0.2) is 5.38 Å². The van der Waals surface area contributed by atoms with Crippen molar-refractivity contribution in [3.63, 3.8) is 0 Å². The number of nitrogens with one attached hydrogen (secondary N) is 1. The first-order chi connectivity index (χ1) is 9.24. The largest absolute Gasteiger partial charge is 0.302 e. The van der Waals surface area contributed by atoms with Gasteiger partial charge in [0.15, 0.2) is 9.84 Å². The maximum atomic E-state index is 12.1. The summed E-state index contributed by atoms with van der Waals surface area (Å²) in [5.41, 5.74) is 0.557. The number of nitrogens with zero attached hydrogens (tertiary/aromatic N) is 1. The molecule has 20 heavy (non-hydrogen) atoms. The van der Waals surface area contributed by atoms with E-state index in [9.17, 15) is 8.42 Å². The van der Waals surface area contributed by atoms with Crippen molar-refractivity contribution < 1.29 is 8.42 Å².